The van der Waals surface area contributed by atoms with Gasteiger partial charge in [-0.1, -0.05) is 0 Å². The second-order valence-electron chi connectivity index (χ2n) is 4.02. The summed E-state index contributed by atoms with van der Waals surface area (Å²) < 4.78 is 10.5. The van der Waals surface area contributed by atoms with Crippen LogP contribution in [0.2, 0.25) is 0 Å². The van der Waals surface area contributed by atoms with Gasteiger partial charge in [-0.3, -0.25) is 0 Å². The van der Waals surface area contributed by atoms with E-state index in [2.05, 4.69) is 12.2 Å². The van der Waals surface area contributed by atoms with Crippen LogP contribution in [0.5, 0.6) is 0 Å². The molecule has 0 aromatic carbocycles. The Morgan fingerprint density at radius 3 is 2.94 bits per heavy atom. The summed E-state index contributed by atoms with van der Waals surface area (Å²) in [4.78, 5) is 0. The molecule has 3 N–H and O–H groups in total. The van der Waals surface area contributed by atoms with Crippen molar-refractivity contribution < 1.29 is 9.15 Å². The van der Waals surface area contributed by atoms with Gasteiger partial charge in [-0.2, -0.15) is 0 Å². The first-order valence-corrected chi connectivity index (χ1v) is 5.75. The number of hydrogen-bond donors (Lipinski definition) is 2. The number of furan rings is 1. The Morgan fingerprint density at radius 2 is 2.38 bits per heavy atom. The Balaban J connectivity index is 2.13. The van der Waals surface area contributed by atoms with E-state index in [0.717, 1.165) is 25.1 Å². The molecule has 0 saturated heterocycles. The highest BCUT2D eigenvalue weighted by molar-refractivity contribution is 4.99. The van der Waals surface area contributed by atoms with Crippen LogP contribution in [0.25, 0.3) is 0 Å². The topological polar surface area (TPSA) is 60.4 Å². The Bertz CT molecular complexity index is 258. The van der Waals surface area contributed by atoms with Gasteiger partial charge in [0, 0.05) is 26.1 Å². The van der Waals surface area contributed by atoms with Crippen molar-refractivity contribution in [2.45, 2.75) is 31.9 Å². The molecule has 0 aliphatic carbocycles. The van der Waals surface area contributed by atoms with Gasteiger partial charge in [0.2, 0.25) is 0 Å². The standard InChI is InChI=1S/C12H22N2O2/c1-10(8-11-4-3-7-16-11)14-6-5-12(9-13)15-2/h3-4,7,10,12,14H,5-6,8-9,13H2,1-2H3. The molecule has 0 aliphatic rings. The second-order valence-corrected chi connectivity index (χ2v) is 4.02. The van der Waals surface area contributed by atoms with Crippen LogP contribution in [0.15, 0.2) is 22.8 Å². The van der Waals surface area contributed by atoms with Gasteiger partial charge in [-0.25, -0.2) is 0 Å². The van der Waals surface area contributed by atoms with Gasteiger partial charge in [0.25, 0.3) is 0 Å². The van der Waals surface area contributed by atoms with E-state index in [1.54, 1.807) is 13.4 Å². The molecule has 2 unspecified atom stereocenters. The predicted octanol–water partition coefficient (Wildman–Crippen LogP) is 1.16. The lowest BCUT2D eigenvalue weighted by Gasteiger charge is -2.16. The summed E-state index contributed by atoms with van der Waals surface area (Å²) >= 11 is 0. The summed E-state index contributed by atoms with van der Waals surface area (Å²) in [6.07, 6.45) is 3.71. The first-order valence-electron chi connectivity index (χ1n) is 5.75. The normalized spacial score (nSPS) is 14.9. The van der Waals surface area contributed by atoms with Crippen molar-refractivity contribution in [1.82, 2.24) is 5.32 Å². The molecule has 2 atom stereocenters. The summed E-state index contributed by atoms with van der Waals surface area (Å²) in [5.41, 5.74) is 5.54. The molecule has 1 heterocycles. The average Bonchev–Trinajstić information content (AvgIpc) is 2.77. The number of hydrogen-bond acceptors (Lipinski definition) is 4. The number of nitrogens with two attached hydrogens (primary N) is 1. The zero-order valence-corrected chi connectivity index (χ0v) is 10.1. The maximum absolute atomic E-state index is 5.54. The highest BCUT2D eigenvalue weighted by Crippen LogP contribution is 2.04. The van der Waals surface area contributed by atoms with Crippen molar-refractivity contribution >= 4 is 0 Å². The predicted molar refractivity (Wildman–Crippen MR) is 64.3 cm³/mol. The molecule has 1 aromatic rings. The lowest BCUT2D eigenvalue weighted by molar-refractivity contribution is 0.101. The average molecular weight is 226 g/mol. The van der Waals surface area contributed by atoms with Crippen LogP contribution >= 0.6 is 0 Å². The van der Waals surface area contributed by atoms with Gasteiger partial charge in [-0.05, 0) is 32.0 Å². The Kier molecular flexibility index (Phi) is 6.15. The molecule has 92 valence electrons. The largest absolute Gasteiger partial charge is 0.469 e. The number of ether oxygens (including phenoxy) is 1. The molecular formula is C12H22N2O2. The van der Waals surface area contributed by atoms with Crippen LogP contribution in [0, 0.1) is 0 Å². The minimum atomic E-state index is 0.156. The summed E-state index contributed by atoms with van der Waals surface area (Å²) in [5, 5.41) is 3.42. The van der Waals surface area contributed by atoms with Crippen molar-refractivity contribution in [2.24, 2.45) is 5.73 Å². The smallest absolute Gasteiger partial charge is 0.105 e. The van der Waals surface area contributed by atoms with Crippen LogP contribution in [0.1, 0.15) is 19.1 Å². The SMILES string of the molecule is COC(CN)CCNC(C)Cc1ccco1. The van der Waals surface area contributed by atoms with Crippen LogP contribution in [-0.2, 0) is 11.2 Å². The molecule has 4 heteroatoms. The molecule has 0 aliphatic heterocycles. The second kappa shape index (κ2) is 7.44. The van der Waals surface area contributed by atoms with Gasteiger partial charge < -0.3 is 20.2 Å². The fourth-order valence-corrected chi connectivity index (χ4v) is 1.63. The van der Waals surface area contributed by atoms with Gasteiger partial charge in [0.15, 0.2) is 0 Å². The Morgan fingerprint density at radius 1 is 1.56 bits per heavy atom. The van der Waals surface area contributed by atoms with E-state index in [1.165, 1.54) is 0 Å². The van der Waals surface area contributed by atoms with E-state index in [9.17, 15) is 0 Å². The Hall–Kier alpha value is -0.840. The summed E-state index contributed by atoms with van der Waals surface area (Å²) in [6, 6.07) is 4.31. The summed E-state index contributed by atoms with van der Waals surface area (Å²) in [6.45, 7) is 3.63. The van der Waals surface area contributed by atoms with Crippen molar-refractivity contribution in [3.05, 3.63) is 24.2 Å². The van der Waals surface area contributed by atoms with Crippen molar-refractivity contribution in [3.8, 4) is 0 Å². The molecule has 0 bridgehead atoms. The van der Waals surface area contributed by atoms with Crippen molar-refractivity contribution in [3.63, 3.8) is 0 Å². The summed E-state index contributed by atoms with van der Waals surface area (Å²) in [7, 11) is 1.70. The van der Waals surface area contributed by atoms with Crippen LogP contribution in [-0.4, -0.2) is 32.3 Å². The van der Waals surface area contributed by atoms with Gasteiger partial charge >= 0.3 is 0 Å². The lowest BCUT2D eigenvalue weighted by Crippen LogP contribution is -2.33. The van der Waals surface area contributed by atoms with E-state index in [1.807, 2.05) is 12.1 Å². The summed E-state index contributed by atoms with van der Waals surface area (Å²) in [5.74, 6) is 1.02. The first kappa shape index (κ1) is 13.2. The van der Waals surface area contributed by atoms with Gasteiger partial charge in [0.1, 0.15) is 5.76 Å². The van der Waals surface area contributed by atoms with E-state index < -0.39 is 0 Å². The molecule has 1 rings (SSSR count). The third kappa shape index (κ3) is 4.79. The van der Waals surface area contributed by atoms with E-state index in [4.69, 9.17) is 14.9 Å². The molecule has 0 saturated carbocycles. The van der Waals surface area contributed by atoms with Gasteiger partial charge in [-0.15, -0.1) is 0 Å². The minimum Gasteiger partial charge on any atom is -0.469 e. The number of nitrogens with one attached hydrogen (secondary N) is 1. The first-order chi connectivity index (χ1) is 7.76. The maximum Gasteiger partial charge on any atom is 0.105 e. The maximum atomic E-state index is 5.54. The molecule has 0 spiro atoms. The third-order valence-corrected chi connectivity index (χ3v) is 2.64. The molecule has 1 aromatic heterocycles. The molecular weight excluding hydrogens is 204 g/mol. The monoisotopic (exact) mass is 226 g/mol. The highest BCUT2D eigenvalue weighted by Gasteiger charge is 2.07. The highest BCUT2D eigenvalue weighted by atomic mass is 16.5. The molecule has 0 fully saturated rings. The molecule has 0 radical (unpaired) electrons. The van der Waals surface area contributed by atoms with E-state index >= 15 is 0 Å². The fraction of sp³-hybridized carbons (Fsp3) is 0.667. The van der Waals surface area contributed by atoms with Gasteiger partial charge in [0.05, 0.1) is 12.4 Å². The third-order valence-electron chi connectivity index (χ3n) is 2.64. The Labute approximate surface area is 97.1 Å². The van der Waals surface area contributed by atoms with Crippen molar-refractivity contribution in [1.29, 1.82) is 0 Å². The number of methoxy groups -OCH3 is 1. The van der Waals surface area contributed by atoms with Crippen LogP contribution in [0.4, 0.5) is 0 Å². The molecule has 0 amide bonds. The van der Waals surface area contributed by atoms with E-state index in [0.29, 0.717) is 12.6 Å². The van der Waals surface area contributed by atoms with Crippen molar-refractivity contribution in [2.75, 3.05) is 20.2 Å². The number of rotatable bonds is 8. The van der Waals surface area contributed by atoms with Crippen LogP contribution < -0.4 is 11.1 Å². The van der Waals surface area contributed by atoms with E-state index in [-0.39, 0.29) is 6.10 Å². The molecule has 4 nitrogen and oxygen atoms in total. The zero-order valence-electron chi connectivity index (χ0n) is 10.1. The fourth-order valence-electron chi connectivity index (χ4n) is 1.63. The quantitative estimate of drug-likeness (QED) is 0.698. The zero-order chi connectivity index (χ0) is 11.8. The molecule has 16 heavy (non-hydrogen) atoms. The van der Waals surface area contributed by atoms with Crippen LogP contribution in [0.3, 0.4) is 0 Å². The lowest BCUT2D eigenvalue weighted by atomic mass is 10.2. The minimum absolute atomic E-state index is 0.156.